The van der Waals surface area contributed by atoms with Crippen LogP contribution in [-0.2, 0) is 0 Å². The minimum Gasteiger partial charge on any atom is -0.488 e. The maximum atomic E-state index is 11.0. The normalized spacial score (nSPS) is 20.4. The minimum absolute atomic E-state index is 0.0780. The van der Waals surface area contributed by atoms with Crippen molar-refractivity contribution in [2.75, 3.05) is 13.1 Å². The third-order valence-corrected chi connectivity index (χ3v) is 2.66. The summed E-state index contributed by atoms with van der Waals surface area (Å²) in [5.41, 5.74) is 0.230. The third-order valence-electron chi connectivity index (χ3n) is 2.66. The number of hydrogen-bond acceptors (Lipinski definition) is 3. The van der Waals surface area contributed by atoms with Crippen molar-refractivity contribution in [3.63, 3.8) is 0 Å². The van der Waals surface area contributed by atoms with Crippen LogP contribution in [0.3, 0.4) is 0 Å². The van der Waals surface area contributed by atoms with Gasteiger partial charge in [-0.15, -0.1) is 0 Å². The first-order valence-electron chi connectivity index (χ1n) is 5.47. The first kappa shape index (κ1) is 11.0. The summed E-state index contributed by atoms with van der Waals surface area (Å²) in [4.78, 5) is 11.0. The lowest BCUT2D eigenvalue weighted by Gasteiger charge is -2.24. The van der Waals surface area contributed by atoms with E-state index >= 15 is 0 Å². The molecule has 0 saturated carbocycles. The van der Waals surface area contributed by atoms with E-state index in [9.17, 15) is 4.79 Å². The zero-order valence-electron chi connectivity index (χ0n) is 8.98. The Morgan fingerprint density at radius 1 is 1.44 bits per heavy atom. The van der Waals surface area contributed by atoms with Gasteiger partial charge in [-0.25, -0.2) is 4.79 Å². The number of piperidine rings is 1. The number of carboxylic acids is 1. The van der Waals surface area contributed by atoms with Crippen molar-refractivity contribution in [1.82, 2.24) is 5.32 Å². The number of para-hydroxylation sites is 1. The van der Waals surface area contributed by atoms with Gasteiger partial charge < -0.3 is 15.2 Å². The highest BCUT2D eigenvalue weighted by molar-refractivity contribution is 5.90. The van der Waals surface area contributed by atoms with Crippen molar-refractivity contribution < 1.29 is 14.6 Å². The topological polar surface area (TPSA) is 58.6 Å². The molecular weight excluding hydrogens is 206 g/mol. The molecule has 1 fully saturated rings. The van der Waals surface area contributed by atoms with Crippen LogP contribution in [0.2, 0.25) is 0 Å². The number of carboxylic acid groups (broad SMARTS) is 1. The van der Waals surface area contributed by atoms with Crippen molar-refractivity contribution in [2.24, 2.45) is 0 Å². The molecule has 0 unspecified atom stereocenters. The van der Waals surface area contributed by atoms with E-state index in [4.69, 9.17) is 9.84 Å². The second kappa shape index (κ2) is 4.99. The van der Waals surface area contributed by atoms with Crippen LogP contribution in [0.4, 0.5) is 0 Å². The molecule has 0 aliphatic carbocycles. The second-order valence-corrected chi connectivity index (χ2v) is 3.89. The van der Waals surface area contributed by atoms with Crippen molar-refractivity contribution in [3.8, 4) is 5.75 Å². The standard InChI is InChI=1S/C12H15NO3/c14-12(15)10-5-1-2-6-11(10)16-9-4-3-7-13-8-9/h1-2,5-6,9,13H,3-4,7-8H2,(H,14,15)/t9-/m0/s1. The Bertz CT molecular complexity index is 372. The van der Waals surface area contributed by atoms with Crippen LogP contribution in [0, 0.1) is 0 Å². The second-order valence-electron chi connectivity index (χ2n) is 3.89. The predicted molar refractivity (Wildman–Crippen MR) is 59.9 cm³/mol. The molecule has 4 heteroatoms. The van der Waals surface area contributed by atoms with Gasteiger partial charge in [0.1, 0.15) is 17.4 Å². The Morgan fingerprint density at radius 3 is 2.94 bits per heavy atom. The smallest absolute Gasteiger partial charge is 0.339 e. The van der Waals surface area contributed by atoms with Gasteiger partial charge in [0.05, 0.1) is 0 Å². The van der Waals surface area contributed by atoms with E-state index in [0.29, 0.717) is 5.75 Å². The van der Waals surface area contributed by atoms with E-state index in [0.717, 1.165) is 25.9 Å². The predicted octanol–water partition coefficient (Wildman–Crippen LogP) is 1.52. The Labute approximate surface area is 94.2 Å². The molecular formula is C12H15NO3. The molecule has 1 atom stereocenters. The van der Waals surface area contributed by atoms with Crippen molar-refractivity contribution in [2.45, 2.75) is 18.9 Å². The Balaban J connectivity index is 2.10. The molecule has 2 rings (SSSR count). The fourth-order valence-corrected chi connectivity index (χ4v) is 1.85. The van der Waals surface area contributed by atoms with Crippen LogP contribution in [0.1, 0.15) is 23.2 Å². The fraction of sp³-hybridized carbons (Fsp3) is 0.417. The van der Waals surface area contributed by atoms with Gasteiger partial charge in [0.25, 0.3) is 0 Å². The summed E-state index contributed by atoms with van der Waals surface area (Å²) < 4.78 is 5.70. The van der Waals surface area contributed by atoms with E-state index in [2.05, 4.69) is 5.32 Å². The number of aromatic carboxylic acids is 1. The van der Waals surface area contributed by atoms with Crippen LogP contribution in [0.25, 0.3) is 0 Å². The number of ether oxygens (including phenoxy) is 1. The maximum absolute atomic E-state index is 11.0. The van der Waals surface area contributed by atoms with Crippen LogP contribution >= 0.6 is 0 Å². The third kappa shape index (κ3) is 2.52. The highest BCUT2D eigenvalue weighted by Crippen LogP contribution is 2.21. The molecule has 0 radical (unpaired) electrons. The molecule has 2 N–H and O–H groups in total. The molecule has 4 nitrogen and oxygen atoms in total. The first-order valence-corrected chi connectivity index (χ1v) is 5.47. The summed E-state index contributed by atoms with van der Waals surface area (Å²) >= 11 is 0. The molecule has 16 heavy (non-hydrogen) atoms. The fourth-order valence-electron chi connectivity index (χ4n) is 1.85. The van der Waals surface area contributed by atoms with Crippen molar-refractivity contribution in [3.05, 3.63) is 29.8 Å². The quantitative estimate of drug-likeness (QED) is 0.812. The highest BCUT2D eigenvalue weighted by atomic mass is 16.5. The first-order chi connectivity index (χ1) is 7.77. The van der Waals surface area contributed by atoms with Gasteiger partial charge in [-0.3, -0.25) is 0 Å². The molecule has 1 aromatic rings. The minimum atomic E-state index is -0.945. The number of hydrogen-bond donors (Lipinski definition) is 2. The Kier molecular flexibility index (Phi) is 3.41. The van der Waals surface area contributed by atoms with Gasteiger partial charge in [0.2, 0.25) is 0 Å². The average Bonchev–Trinajstić information content (AvgIpc) is 2.31. The van der Waals surface area contributed by atoms with Gasteiger partial charge in [0, 0.05) is 6.54 Å². The van der Waals surface area contributed by atoms with E-state index in [-0.39, 0.29) is 11.7 Å². The lowest BCUT2D eigenvalue weighted by atomic mass is 10.1. The van der Waals surface area contributed by atoms with Gasteiger partial charge in [-0.05, 0) is 31.5 Å². The SMILES string of the molecule is O=C(O)c1ccccc1O[C@H]1CCCNC1. The van der Waals surface area contributed by atoms with E-state index < -0.39 is 5.97 Å². The van der Waals surface area contributed by atoms with Crippen molar-refractivity contribution in [1.29, 1.82) is 0 Å². The summed E-state index contributed by atoms with van der Waals surface area (Å²) in [6.07, 6.45) is 2.12. The molecule has 1 aliphatic rings. The van der Waals surface area contributed by atoms with Gasteiger partial charge in [-0.1, -0.05) is 12.1 Å². The van der Waals surface area contributed by atoms with E-state index in [1.807, 2.05) is 0 Å². The lowest BCUT2D eigenvalue weighted by Crippen LogP contribution is -2.37. The summed E-state index contributed by atoms with van der Waals surface area (Å²) in [5.74, 6) is -0.483. The molecule has 0 spiro atoms. The largest absolute Gasteiger partial charge is 0.488 e. The highest BCUT2D eigenvalue weighted by Gasteiger charge is 2.17. The zero-order chi connectivity index (χ0) is 11.4. The molecule has 1 heterocycles. The Hall–Kier alpha value is -1.55. The summed E-state index contributed by atoms with van der Waals surface area (Å²) in [6, 6.07) is 6.76. The van der Waals surface area contributed by atoms with Crippen LogP contribution in [-0.4, -0.2) is 30.3 Å². The number of benzene rings is 1. The van der Waals surface area contributed by atoms with Crippen molar-refractivity contribution >= 4 is 5.97 Å². The number of rotatable bonds is 3. The Morgan fingerprint density at radius 2 is 2.25 bits per heavy atom. The maximum Gasteiger partial charge on any atom is 0.339 e. The molecule has 0 aromatic heterocycles. The lowest BCUT2D eigenvalue weighted by molar-refractivity contribution is 0.0687. The molecule has 1 saturated heterocycles. The average molecular weight is 221 g/mol. The number of carbonyl (C=O) groups is 1. The molecule has 1 aliphatic heterocycles. The van der Waals surface area contributed by atoms with Gasteiger partial charge in [-0.2, -0.15) is 0 Å². The van der Waals surface area contributed by atoms with Crippen LogP contribution in [0.15, 0.2) is 24.3 Å². The summed E-state index contributed by atoms with van der Waals surface area (Å²) in [7, 11) is 0. The van der Waals surface area contributed by atoms with E-state index in [1.165, 1.54) is 0 Å². The molecule has 0 bridgehead atoms. The van der Waals surface area contributed by atoms with Crippen LogP contribution < -0.4 is 10.1 Å². The molecule has 86 valence electrons. The monoisotopic (exact) mass is 221 g/mol. The molecule has 1 aromatic carbocycles. The van der Waals surface area contributed by atoms with Crippen LogP contribution in [0.5, 0.6) is 5.75 Å². The zero-order valence-corrected chi connectivity index (χ0v) is 8.98. The van der Waals surface area contributed by atoms with Gasteiger partial charge in [0.15, 0.2) is 0 Å². The summed E-state index contributed by atoms with van der Waals surface area (Å²) in [6.45, 7) is 1.80. The molecule has 0 amide bonds. The summed E-state index contributed by atoms with van der Waals surface area (Å²) in [5, 5.41) is 12.2. The number of nitrogens with one attached hydrogen (secondary N) is 1. The van der Waals surface area contributed by atoms with Gasteiger partial charge >= 0.3 is 5.97 Å². The van der Waals surface area contributed by atoms with E-state index in [1.54, 1.807) is 24.3 Å².